The number of carbonyl (C=O) groups excluding carboxylic acids is 1. The van der Waals surface area contributed by atoms with Gasteiger partial charge >= 0.3 is 5.97 Å². The number of carboxylic acids is 1. The number of carboxylic acid groups (broad SMARTS) is 1. The molecule has 0 aliphatic rings. The highest BCUT2D eigenvalue weighted by Gasteiger charge is 2.50. The molecule has 0 fully saturated rings. The van der Waals surface area contributed by atoms with Crippen LogP contribution in [-0.2, 0) is 10.3 Å². The molecule has 0 aliphatic carbocycles. The van der Waals surface area contributed by atoms with Crippen LogP contribution in [0.2, 0.25) is 10.0 Å². The second-order valence-corrected chi connectivity index (χ2v) is 9.08. The standard InChI is InChI=1S/C28H23Cl2N3O5/c1-17-26(37-2)32-23(16-31-17)38-24(27(35)36)28(19-9-5-3-6-10-19,20-11-7-4-8-12-20)33-25(34)18-13-14-21(29)22(30)15-18/h3-16,24H,1-2H3,(H,33,34)(H,35,36). The number of nitrogens with one attached hydrogen (secondary N) is 1. The fraction of sp³-hybridized carbons (Fsp3) is 0.143. The van der Waals surface area contributed by atoms with E-state index in [0.29, 0.717) is 16.8 Å². The third-order valence-corrected chi connectivity index (χ3v) is 6.63. The summed E-state index contributed by atoms with van der Waals surface area (Å²) in [6.07, 6.45) is -0.393. The maximum absolute atomic E-state index is 13.7. The Labute approximate surface area is 229 Å². The zero-order chi connectivity index (χ0) is 27.3. The summed E-state index contributed by atoms with van der Waals surface area (Å²) in [5, 5.41) is 13.9. The summed E-state index contributed by atoms with van der Waals surface area (Å²) < 4.78 is 11.2. The summed E-state index contributed by atoms with van der Waals surface area (Å²) >= 11 is 12.2. The minimum atomic E-state index is -1.72. The lowest BCUT2D eigenvalue weighted by atomic mass is 9.77. The van der Waals surface area contributed by atoms with Crippen LogP contribution in [0.5, 0.6) is 11.8 Å². The van der Waals surface area contributed by atoms with Crippen molar-refractivity contribution in [3.63, 3.8) is 0 Å². The number of halogens is 2. The number of benzene rings is 3. The molecule has 38 heavy (non-hydrogen) atoms. The minimum absolute atomic E-state index is 0.0973. The Bertz CT molecular complexity index is 1410. The van der Waals surface area contributed by atoms with Crippen molar-refractivity contribution < 1.29 is 24.2 Å². The maximum Gasteiger partial charge on any atom is 0.348 e. The molecule has 1 aromatic heterocycles. The van der Waals surface area contributed by atoms with Crippen molar-refractivity contribution in [1.29, 1.82) is 0 Å². The Hall–Kier alpha value is -4.14. The lowest BCUT2D eigenvalue weighted by molar-refractivity contribution is -0.148. The maximum atomic E-state index is 13.7. The fourth-order valence-electron chi connectivity index (χ4n) is 4.08. The summed E-state index contributed by atoms with van der Waals surface area (Å²) in [5.74, 6) is -1.87. The van der Waals surface area contributed by atoms with E-state index in [4.69, 9.17) is 32.7 Å². The monoisotopic (exact) mass is 551 g/mol. The molecule has 3 aromatic carbocycles. The van der Waals surface area contributed by atoms with Crippen LogP contribution >= 0.6 is 23.2 Å². The van der Waals surface area contributed by atoms with Crippen LogP contribution in [0.1, 0.15) is 27.2 Å². The van der Waals surface area contributed by atoms with Gasteiger partial charge in [-0.3, -0.25) is 9.78 Å². The zero-order valence-corrected chi connectivity index (χ0v) is 21.9. The van der Waals surface area contributed by atoms with Crippen LogP contribution in [-0.4, -0.2) is 40.2 Å². The van der Waals surface area contributed by atoms with Crippen molar-refractivity contribution in [3.05, 3.63) is 117 Å². The highest BCUT2D eigenvalue weighted by Crippen LogP contribution is 2.37. The van der Waals surface area contributed by atoms with Crippen LogP contribution in [0.25, 0.3) is 0 Å². The van der Waals surface area contributed by atoms with Gasteiger partial charge < -0.3 is 19.9 Å². The number of rotatable bonds is 9. The molecule has 10 heteroatoms. The lowest BCUT2D eigenvalue weighted by Gasteiger charge is -2.40. The van der Waals surface area contributed by atoms with Crippen molar-refractivity contribution in [3.8, 4) is 11.8 Å². The van der Waals surface area contributed by atoms with Crippen molar-refractivity contribution in [2.24, 2.45) is 0 Å². The number of aromatic nitrogens is 2. The molecule has 1 heterocycles. The van der Waals surface area contributed by atoms with Crippen LogP contribution in [0, 0.1) is 6.92 Å². The summed E-state index contributed by atoms with van der Waals surface area (Å²) in [4.78, 5) is 35.1. The van der Waals surface area contributed by atoms with Gasteiger partial charge in [-0.25, -0.2) is 4.79 Å². The first-order valence-corrected chi connectivity index (χ1v) is 12.2. The highest BCUT2D eigenvalue weighted by atomic mass is 35.5. The fourth-order valence-corrected chi connectivity index (χ4v) is 4.38. The molecule has 4 rings (SSSR count). The Morgan fingerprint density at radius 2 is 1.55 bits per heavy atom. The van der Waals surface area contributed by atoms with Gasteiger partial charge in [-0.2, -0.15) is 4.98 Å². The Morgan fingerprint density at radius 3 is 2.08 bits per heavy atom. The molecular weight excluding hydrogens is 529 g/mol. The van der Waals surface area contributed by atoms with E-state index in [1.54, 1.807) is 67.6 Å². The third kappa shape index (κ3) is 5.41. The molecule has 0 bridgehead atoms. The van der Waals surface area contributed by atoms with E-state index >= 15 is 0 Å². The quantitative estimate of drug-likeness (QED) is 0.290. The number of hydrogen-bond donors (Lipinski definition) is 2. The number of nitrogens with zero attached hydrogens (tertiary/aromatic N) is 2. The lowest BCUT2D eigenvalue weighted by Crippen LogP contribution is -2.59. The molecule has 0 saturated carbocycles. The number of methoxy groups -OCH3 is 1. The van der Waals surface area contributed by atoms with Gasteiger partial charge in [-0.15, -0.1) is 0 Å². The molecule has 1 unspecified atom stereocenters. The van der Waals surface area contributed by atoms with Gasteiger partial charge in [0.2, 0.25) is 17.9 Å². The zero-order valence-electron chi connectivity index (χ0n) is 20.4. The first-order chi connectivity index (χ1) is 18.3. The van der Waals surface area contributed by atoms with E-state index in [1.165, 1.54) is 31.5 Å². The molecule has 1 atom stereocenters. The molecule has 0 aliphatic heterocycles. The Balaban J connectivity index is 1.93. The van der Waals surface area contributed by atoms with Crippen molar-refractivity contribution in [2.75, 3.05) is 7.11 Å². The van der Waals surface area contributed by atoms with Crippen LogP contribution in [0.15, 0.2) is 85.1 Å². The Morgan fingerprint density at radius 1 is 0.947 bits per heavy atom. The van der Waals surface area contributed by atoms with Crippen LogP contribution in [0.3, 0.4) is 0 Å². The van der Waals surface area contributed by atoms with E-state index in [9.17, 15) is 14.7 Å². The minimum Gasteiger partial charge on any atom is -0.480 e. The molecule has 0 radical (unpaired) electrons. The molecule has 0 saturated heterocycles. The number of aliphatic carboxylic acids is 1. The largest absolute Gasteiger partial charge is 0.480 e. The van der Waals surface area contributed by atoms with E-state index in [1.807, 2.05) is 0 Å². The number of hydrogen-bond acceptors (Lipinski definition) is 6. The van der Waals surface area contributed by atoms with E-state index in [2.05, 4.69) is 15.3 Å². The van der Waals surface area contributed by atoms with Crippen molar-refractivity contribution in [2.45, 2.75) is 18.6 Å². The molecule has 8 nitrogen and oxygen atoms in total. The summed E-state index contributed by atoms with van der Waals surface area (Å²) in [6, 6.07) is 21.8. The summed E-state index contributed by atoms with van der Waals surface area (Å²) in [7, 11) is 1.42. The Kier molecular flexibility index (Phi) is 8.14. The third-order valence-electron chi connectivity index (χ3n) is 5.89. The van der Waals surface area contributed by atoms with Gasteiger partial charge in [0.25, 0.3) is 5.91 Å². The van der Waals surface area contributed by atoms with Gasteiger partial charge in [-0.05, 0) is 36.2 Å². The average molecular weight is 552 g/mol. The van der Waals surface area contributed by atoms with E-state index in [-0.39, 0.29) is 27.4 Å². The van der Waals surface area contributed by atoms with Gasteiger partial charge in [-0.1, -0.05) is 83.9 Å². The molecular formula is C28H23Cl2N3O5. The van der Waals surface area contributed by atoms with Crippen LogP contribution < -0.4 is 14.8 Å². The molecule has 0 spiro atoms. The van der Waals surface area contributed by atoms with Gasteiger partial charge in [0.05, 0.1) is 29.0 Å². The topological polar surface area (TPSA) is 111 Å². The second-order valence-electron chi connectivity index (χ2n) is 8.26. The summed E-state index contributed by atoms with van der Waals surface area (Å²) in [5.41, 5.74) is -0.135. The average Bonchev–Trinajstić information content (AvgIpc) is 2.93. The molecule has 2 N–H and O–H groups in total. The number of ether oxygens (including phenoxy) is 2. The van der Waals surface area contributed by atoms with Crippen molar-refractivity contribution in [1.82, 2.24) is 15.3 Å². The molecule has 1 amide bonds. The van der Waals surface area contributed by atoms with Gasteiger partial charge in [0.15, 0.2) is 0 Å². The molecule has 4 aromatic rings. The van der Waals surface area contributed by atoms with Crippen LogP contribution in [0.4, 0.5) is 0 Å². The normalized spacial score (nSPS) is 11.9. The number of carbonyl (C=O) groups is 2. The van der Waals surface area contributed by atoms with Crippen molar-refractivity contribution >= 4 is 35.1 Å². The first-order valence-electron chi connectivity index (χ1n) is 11.4. The van der Waals surface area contributed by atoms with Gasteiger partial charge in [0, 0.05) is 5.56 Å². The SMILES string of the molecule is COc1nc(OC(C(=O)O)C(NC(=O)c2ccc(Cl)c(Cl)c2)(c2ccccc2)c2ccccc2)cnc1C. The predicted octanol–water partition coefficient (Wildman–Crippen LogP) is 5.31. The highest BCUT2D eigenvalue weighted by molar-refractivity contribution is 6.42. The number of aryl methyl sites for hydroxylation is 1. The summed E-state index contributed by atoms with van der Waals surface area (Å²) in [6.45, 7) is 1.69. The van der Waals surface area contributed by atoms with E-state index in [0.717, 1.165) is 0 Å². The first kappa shape index (κ1) is 26.9. The smallest absolute Gasteiger partial charge is 0.348 e. The number of amides is 1. The van der Waals surface area contributed by atoms with Gasteiger partial charge in [0.1, 0.15) is 5.54 Å². The van der Waals surface area contributed by atoms with E-state index < -0.39 is 23.5 Å². The predicted molar refractivity (Wildman–Crippen MR) is 143 cm³/mol. The molecule has 194 valence electrons. The second kappa shape index (κ2) is 11.5.